The summed E-state index contributed by atoms with van der Waals surface area (Å²) in [5.41, 5.74) is 6.75. The largest absolute Gasteiger partial charge is 0.496 e. The highest BCUT2D eigenvalue weighted by Gasteiger charge is 2.29. The molecular formula is C16H22ClNO3. The molecule has 2 rings (SSSR count). The van der Waals surface area contributed by atoms with Gasteiger partial charge in [-0.1, -0.05) is 25.4 Å². The molecule has 0 unspecified atom stereocenters. The number of rotatable bonds is 3. The lowest BCUT2D eigenvalue weighted by molar-refractivity contribution is 0.00924. The first-order chi connectivity index (χ1) is 9.82. The summed E-state index contributed by atoms with van der Waals surface area (Å²) in [5.74, 6) is -0.0171. The molecule has 0 saturated heterocycles. The van der Waals surface area contributed by atoms with Gasteiger partial charge in [0.2, 0.25) is 0 Å². The maximum absolute atomic E-state index is 12.3. The maximum atomic E-state index is 12.3. The average molecular weight is 312 g/mol. The number of methoxy groups -OCH3 is 1. The van der Waals surface area contributed by atoms with Crippen molar-refractivity contribution in [1.29, 1.82) is 0 Å². The van der Waals surface area contributed by atoms with Crippen LogP contribution in [0.5, 0.6) is 5.75 Å². The second kappa shape index (κ2) is 6.14. The van der Waals surface area contributed by atoms with E-state index in [0.29, 0.717) is 27.4 Å². The van der Waals surface area contributed by atoms with E-state index in [4.69, 9.17) is 26.8 Å². The van der Waals surface area contributed by atoms with Crippen molar-refractivity contribution in [2.75, 3.05) is 12.8 Å². The molecule has 0 amide bonds. The van der Waals surface area contributed by atoms with Gasteiger partial charge in [-0.3, -0.25) is 0 Å². The van der Waals surface area contributed by atoms with Crippen molar-refractivity contribution in [3.8, 4) is 5.75 Å². The number of anilines is 1. The lowest BCUT2D eigenvalue weighted by Crippen LogP contribution is -2.28. The van der Waals surface area contributed by atoms with Crippen LogP contribution in [-0.4, -0.2) is 19.2 Å². The Morgan fingerprint density at radius 1 is 1.33 bits per heavy atom. The van der Waals surface area contributed by atoms with Crippen LogP contribution in [0.2, 0.25) is 5.02 Å². The Balaban J connectivity index is 2.09. The Hall–Kier alpha value is -1.42. The minimum atomic E-state index is -0.404. The molecule has 1 aromatic carbocycles. The minimum Gasteiger partial charge on any atom is -0.496 e. The monoisotopic (exact) mass is 311 g/mol. The number of nitrogen functional groups attached to an aromatic ring is 1. The van der Waals surface area contributed by atoms with Crippen molar-refractivity contribution in [1.82, 2.24) is 0 Å². The first-order valence-electron chi connectivity index (χ1n) is 7.16. The highest BCUT2D eigenvalue weighted by Crippen LogP contribution is 2.37. The van der Waals surface area contributed by atoms with Gasteiger partial charge in [-0.25, -0.2) is 4.79 Å². The van der Waals surface area contributed by atoms with E-state index in [-0.39, 0.29) is 6.10 Å². The van der Waals surface area contributed by atoms with Crippen molar-refractivity contribution in [3.05, 3.63) is 22.7 Å². The fourth-order valence-corrected chi connectivity index (χ4v) is 2.77. The zero-order valence-corrected chi connectivity index (χ0v) is 13.5. The second-order valence-electron chi connectivity index (χ2n) is 6.34. The number of hydrogen-bond donors (Lipinski definition) is 1. The smallest absolute Gasteiger partial charge is 0.342 e. The zero-order valence-electron chi connectivity index (χ0n) is 12.7. The maximum Gasteiger partial charge on any atom is 0.342 e. The number of benzene rings is 1. The van der Waals surface area contributed by atoms with E-state index < -0.39 is 5.97 Å². The SMILES string of the molecule is COc1cc(N)c(Cl)cc1C(=O)OC1CCC(C)(C)CC1. The number of nitrogens with two attached hydrogens (primary N) is 1. The zero-order chi connectivity index (χ0) is 15.6. The predicted molar refractivity (Wildman–Crippen MR) is 83.9 cm³/mol. The Morgan fingerprint density at radius 3 is 2.52 bits per heavy atom. The van der Waals surface area contributed by atoms with E-state index in [1.54, 1.807) is 6.07 Å². The molecule has 0 bridgehead atoms. The molecule has 5 heteroatoms. The molecule has 2 N–H and O–H groups in total. The molecule has 0 spiro atoms. The second-order valence-corrected chi connectivity index (χ2v) is 6.75. The molecule has 1 fully saturated rings. The summed E-state index contributed by atoms with van der Waals surface area (Å²) in [6.07, 6.45) is 3.87. The van der Waals surface area contributed by atoms with E-state index in [1.165, 1.54) is 13.2 Å². The van der Waals surface area contributed by atoms with Crippen molar-refractivity contribution >= 4 is 23.3 Å². The van der Waals surface area contributed by atoms with E-state index in [0.717, 1.165) is 25.7 Å². The Kier molecular flexibility index (Phi) is 4.67. The molecule has 1 aliphatic rings. The van der Waals surface area contributed by atoms with Gasteiger partial charge in [-0.15, -0.1) is 0 Å². The number of hydrogen-bond acceptors (Lipinski definition) is 4. The molecule has 0 radical (unpaired) electrons. The molecule has 1 aliphatic carbocycles. The molecule has 1 saturated carbocycles. The molecule has 116 valence electrons. The molecule has 21 heavy (non-hydrogen) atoms. The van der Waals surface area contributed by atoms with Crippen LogP contribution in [0.1, 0.15) is 49.9 Å². The topological polar surface area (TPSA) is 61.5 Å². The van der Waals surface area contributed by atoms with Gasteiger partial charge in [0.1, 0.15) is 17.4 Å². The van der Waals surface area contributed by atoms with Gasteiger partial charge in [-0.05, 0) is 37.2 Å². The fourth-order valence-electron chi connectivity index (χ4n) is 2.60. The highest BCUT2D eigenvalue weighted by molar-refractivity contribution is 6.33. The van der Waals surface area contributed by atoms with Gasteiger partial charge in [-0.2, -0.15) is 0 Å². The number of esters is 1. The molecule has 1 aromatic rings. The van der Waals surface area contributed by atoms with Crippen LogP contribution < -0.4 is 10.5 Å². The van der Waals surface area contributed by atoms with Gasteiger partial charge < -0.3 is 15.2 Å². The summed E-state index contributed by atoms with van der Waals surface area (Å²) >= 11 is 5.98. The molecule has 0 atom stereocenters. The van der Waals surface area contributed by atoms with Crippen molar-refractivity contribution < 1.29 is 14.3 Å². The Bertz CT molecular complexity index is 533. The third kappa shape index (κ3) is 3.82. The van der Waals surface area contributed by atoms with Crippen LogP contribution in [0.4, 0.5) is 5.69 Å². The van der Waals surface area contributed by atoms with Gasteiger partial charge >= 0.3 is 5.97 Å². The predicted octanol–water partition coefficient (Wildman–Crippen LogP) is 4.06. The minimum absolute atomic E-state index is 0.0356. The average Bonchev–Trinajstić information content (AvgIpc) is 2.43. The summed E-state index contributed by atoms with van der Waals surface area (Å²) in [5, 5.41) is 0.326. The normalized spacial score (nSPS) is 18.3. The van der Waals surface area contributed by atoms with Crippen molar-refractivity contribution in [3.63, 3.8) is 0 Å². The summed E-state index contributed by atoms with van der Waals surface area (Å²) < 4.78 is 10.8. The van der Waals surface area contributed by atoms with Crippen LogP contribution in [0.25, 0.3) is 0 Å². The quantitative estimate of drug-likeness (QED) is 0.675. The Labute approximate surface area is 130 Å². The summed E-state index contributed by atoms with van der Waals surface area (Å²) in [7, 11) is 1.49. The van der Waals surface area contributed by atoms with Crippen LogP contribution in [0.3, 0.4) is 0 Å². The summed E-state index contributed by atoms with van der Waals surface area (Å²) in [6.45, 7) is 4.49. The van der Waals surface area contributed by atoms with E-state index >= 15 is 0 Å². The standard InChI is InChI=1S/C16H22ClNO3/c1-16(2)6-4-10(5-7-16)21-15(19)11-8-12(17)13(18)9-14(11)20-3/h8-10H,4-7,18H2,1-3H3. The van der Waals surface area contributed by atoms with Gasteiger partial charge in [0, 0.05) is 6.07 Å². The fraction of sp³-hybridized carbons (Fsp3) is 0.562. The summed E-state index contributed by atoms with van der Waals surface area (Å²) in [4.78, 5) is 12.3. The molecule has 0 aromatic heterocycles. The van der Waals surface area contributed by atoms with E-state index in [1.807, 2.05) is 0 Å². The number of halogens is 1. The molecular weight excluding hydrogens is 290 g/mol. The number of ether oxygens (including phenoxy) is 2. The summed E-state index contributed by atoms with van der Waals surface area (Å²) in [6, 6.07) is 3.05. The molecule has 0 aliphatic heterocycles. The lowest BCUT2D eigenvalue weighted by Gasteiger charge is -2.33. The van der Waals surface area contributed by atoms with Crippen molar-refractivity contribution in [2.24, 2.45) is 5.41 Å². The number of carbonyl (C=O) groups excluding carboxylic acids is 1. The van der Waals surface area contributed by atoms with Crippen LogP contribution in [0.15, 0.2) is 12.1 Å². The number of carbonyl (C=O) groups is 1. The van der Waals surface area contributed by atoms with Gasteiger partial charge in [0.15, 0.2) is 0 Å². The van der Waals surface area contributed by atoms with Crippen LogP contribution >= 0.6 is 11.6 Å². The Morgan fingerprint density at radius 2 is 1.95 bits per heavy atom. The van der Waals surface area contributed by atoms with Crippen LogP contribution in [-0.2, 0) is 4.74 Å². The highest BCUT2D eigenvalue weighted by atomic mass is 35.5. The van der Waals surface area contributed by atoms with Gasteiger partial charge in [0.25, 0.3) is 0 Å². The van der Waals surface area contributed by atoms with Crippen molar-refractivity contribution in [2.45, 2.75) is 45.6 Å². The van der Waals surface area contributed by atoms with E-state index in [2.05, 4.69) is 13.8 Å². The van der Waals surface area contributed by atoms with E-state index in [9.17, 15) is 4.79 Å². The van der Waals surface area contributed by atoms with Crippen LogP contribution in [0, 0.1) is 5.41 Å². The molecule has 4 nitrogen and oxygen atoms in total. The van der Waals surface area contributed by atoms with Gasteiger partial charge in [0.05, 0.1) is 17.8 Å². The molecule has 0 heterocycles. The first-order valence-corrected chi connectivity index (χ1v) is 7.54. The first kappa shape index (κ1) is 16.0. The third-order valence-corrected chi connectivity index (χ3v) is 4.43. The third-order valence-electron chi connectivity index (χ3n) is 4.10. The lowest BCUT2D eigenvalue weighted by atomic mass is 9.76.